The molecule has 0 aromatic heterocycles. The minimum absolute atomic E-state index is 0. The molecular weight excluding hydrogens is 384 g/mol. The maximum absolute atomic E-state index is 13.3. The van der Waals surface area contributed by atoms with Gasteiger partial charge in [-0.3, -0.25) is 4.55 Å². The zero-order valence-electron chi connectivity index (χ0n) is 10.8. The molecule has 1 aliphatic carbocycles. The second kappa shape index (κ2) is 4.83. The van der Waals surface area contributed by atoms with E-state index in [1.807, 2.05) is 0 Å². The molecule has 0 atom stereocenters. The Labute approximate surface area is 137 Å². The van der Waals surface area contributed by atoms with E-state index >= 15 is 0 Å². The van der Waals surface area contributed by atoms with Crippen molar-refractivity contribution >= 4 is 10.1 Å². The van der Waals surface area contributed by atoms with Gasteiger partial charge in [-0.2, -0.15) is 52.3 Å². The van der Waals surface area contributed by atoms with E-state index in [1.165, 1.54) is 0 Å². The standard InChI is InChI=1S/C6HF11O3S.Na.H/c7-1(8)2(9,10)4(13,14)6(17,21(18,19)20)5(15,16)3(1,11)12;;/h(H,18,19,20);;/q;+1;-1. The summed E-state index contributed by atoms with van der Waals surface area (Å²) in [7, 11) is -7.69. The van der Waals surface area contributed by atoms with E-state index in [2.05, 4.69) is 0 Å². The maximum atomic E-state index is 13.3. The molecule has 0 unspecified atom stereocenters. The van der Waals surface area contributed by atoms with Crippen molar-refractivity contribution in [1.82, 2.24) is 0 Å². The topological polar surface area (TPSA) is 54.4 Å². The van der Waals surface area contributed by atoms with Gasteiger partial charge in [-0.15, -0.1) is 0 Å². The fourth-order valence-electron chi connectivity index (χ4n) is 1.52. The Morgan fingerprint density at radius 1 is 0.591 bits per heavy atom. The quantitative estimate of drug-likeness (QED) is 0.388. The van der Waals surface area contributed by atoms with E-state index in [9.17, 15) is 56.7 Å². The molecule has 1 N–H and O–H groups in total. The third-order valence-electron chi connectivity index (χ3n) is 2.74. The van der Waals surface area contributed by atoms with E-state index < -0.39 is 44.7 Å². The van der Waals surface area contributed by atoms with Crippen molar-refractivity contribution in [2.45, 2.75) is 34.6 Å². The van der Waals surface area contributed by atoms with Gasteiger partial charge in [0.25, 0.3) is 0 Å². The first-order chi connectivity index (χ1) is 8.75. The first-order valence-corrected chi connectivity index (χ1v) is 5.74. The van der Waals surface area contributed by atoms with Crippen LogP contribution < -0.4 is 29.6 Å². The molecule has 0 spiro atoms. The van der Waals surface area contributed by atoms with E-state index in [4.69, 9.17) is 4.55 Å². The molecule has 128 valence electrons. The van der Waals surface area contributed by atoms with Crippen molar-refractivity contribution in [1.29, 1.82) is 0 Å². The molecule has 1 aliphatic rings. The Morgan fingerprint density at radius 2 is 0.773 bits per heavy atom. The van der Waals surface area contributed by atoms with Gasteiger partial charge in [-0.25, -0.2) is 4.39 Å². The minimum atomic E-state index is -7.69. The second-order valence-electron chi connectivity index (χ2n) is 3.94. The summed E-state index contributed by atoms with van der Waals surface area (Å²) in [6.07, 6.45) is 0. The fraction of sp³-hybridized carbons (Fsp3) is 1.00. The van der Waals surface area contributed by atoms with Crippen LogP contribution >= 0.6 is 0 Å². The first-order valence-electron chi connectivity index (χ1n) is 4.30. The number of hydrogen-bond donors (Lipinski definition) is 1. The summed E-state index contributed by atoms with van der Waals surface area (Å²) in [6, 6.07) is 0. The van der Waals surface area contributed by atoms with Crippen LogP contribution in [0.1, 0.15) is 1.43 Å². The summed E-state index contributed by atoms with van der Waals surface area (Å²) in [6.45, 7) is 0. The van der Waals surface area contributed by atoms with Gasteiger partial charge in [0.15, 0.2) is 0 Å². The van der Waals surface area contributed by atoms with E-state index in [0.29, 0.717) is 0 Å². The third-order valence-corrected chi connectivity index (χ3v) is 3.96. The number of rotatable bonds is 1. The SMILES string of the molecule is O=S(=O)(O)C1(F)C(F)(F)C(F)(F)C(F)(F)C(F)(F)C1(F)F.[H-].[Na+]. The molecule has 1 rings (SSSR count). The van der Waals surface area contributed by atoms with Gasteiger partial charge in [-0.1, -0.05) is 0 Å². The molecule has 0 bridgehead atoms. The van der Waals surface area contributed by atoms with Gasteiger partial charge in [0.05, 0.1) is 0 Å². The molecule has 0 saturated heterocycles. The average Bonchev–Trinajstić information content (AvgIpc) is 2.23. The maximum Gasteiger partial charge on any atom is 1.00 e. The Kier molecular flexibility index (Phi) is 4.86. The number of alkyl halides is 11. The Balaban J connectivity index is 0. The van der Waals surface area contributed by atoms with E-state index in [0.717, 1.165) is 0 Å². The molecule has 0 amide bonds. The van der Waals surface area contributed by atoms with Crippen LogP contribution in [0.2, 0.25) is 0 Å². The van der Waals surface area contributed by atoms with Crippen molar-refractivity contribution in [3.05, 3.63) is 0 Å². The monoisotopic (exact) mass is 386 g/mol. The zero-order chi connectivity index (χ0) is 17.5. The smallest absolute Gasteiger partial charge is 1.00 e. The molecule has 0 heterocycles. The van der Waals surface area contributed by atoms with Gasteiger partial charge >= 0.3 is 74.3 Å². The molecule has 1 fully saturated rings. The molecule has 0 aromatic carbocycles. The van der Waals surface area contributed by atoms with E-state index in [-0.39, 0.29) is 31.0 Å². The van der Waals surface area contributed by atoms with Crippen molar-refractivity contribution < 1.29 is 92.2 Å². The van der Waals surface area contributed by atoms with Crippen molar-refractivity contribution in [3.63, 3.8) is 0 Å². The molecule has 3 nitrogen and oxygen atoms in total. The first kappa shape index (κ1) is 22.1. The number of halogens is 11. The molecule has 0 aliphatic heterocycles. The van der Waals surface area contributed by atoms with Crippen LogP contribution in [0, 0.1) is 0 Å². The predicted octanol–water partition coefficient (Wildman–Crippen LogP) is -0.153. The molecule has 16 heteroatoms. The van der Waals surface area contributed by atoms with Crippen LogP contribution in [-0.4, -0.2) is 47.6 Å². The van der Waals surface area contributed by atoms with Crippen LogP contribution in [0.15, 0.2) is 0 Å². The van der Waals surface area contributed by atoms with Crippen LogP contribution in [0.5, 0.6) is 0 Å². The van der Waals surface area contributed by atoms with E-state index in [1.54, 1.807) is 0 Å². The average molecular weight is 386 g/mol. The summed E-state index contributed by atoms with van der Waals surface area (Å²) in [4.78, 5) is 0. The second-order valence-corrected chi connectivity index (χ2v) is 5.45. The van der Waals surface area contributed by atoms with Crippen molar-refractivity contribution in [2.75, 3.05) is 0 Å². The summed E-state index contributed by atoms with van der Waals surface area (Å²) >= 11 is 0. The van der Waals surface area contributed by atoms with Crippen molar-refractivity contribution in [3.8, 4) is 0 Å². The van der Waals surface area contributed by atoms with Crippen LogP contribution in [0.25, 0.3) is 0 Å². The number of hydrogen-bond acceptors (Lipinski definition) is 2. The van der Waals surface area contributed by atoms with Crippen LogP contribution in [0.4, 0.5) is 48.3 Å². The Hall–Kier alpha value is 0.140. The third kappa shape index (κ3) is 1.85. The minimum Gasteiger partial charge on any atom is -1.00 e. The van der Waals surface area contributed by atoms with Gasteiger partial charge in [0.2, 0.25) is 0 Å². The molecule has 1 saturated carbocycles. The summed E-state index contributed by atoms with van der Waals surface area (Å²) in [5.74, 6) is -37.8. The van der Waals surface area contributed by atoms with Gasteiger partial charge in [0.1, 0.15) is 0 Å². The summed E-state index contributed by atoms with van der Waals surface area (Å²) < 4.78 is 169. The zero-order valence-corrected chi connectivity index (χ0v) is 12.6. The molecule has 0 radical (unpaired) electrons. The fourth-order valence-corrected chi connectivity index (χ4v) is 2.42. The van der Waals surface area contributed by atoms with Gasteiger partial charge in [-0.05, 0) is 0 Å². The predicted molar refractivity (Wildman–Crippen MR) is 41.2 cm³/mol. The Morgan fingerprint density at radius 3 is 0.955 bits per heavy atom. The largest absolute Gasteiger partial charge is 1.00 e. The molecule has 22 heavy (non-hydrogen) atoms. The normalized spacial score (nSPS) is 30.2. The van der Waals surface area contributed by atoms with Crippen molar-refractivity contribution in [2.24, 2.45) is 0 Å². The van der Waals surface area contributed by atoms with Crippen LogP contribution in [-0.2, 0) is 10.1 Å². The molecular formula is C6H2F11NaO3S. The van der Waals surface area contributed by atoms with Crippen LogP contribution in [0.3, 0.4) is 0 Å². The summed E-state index contributed by atoms with van der Waals surface area (Å²) in [5.41, 5.74) is 0. The Bertz CT molecular complexity index is 546. The molecule has 0 aromatic rings. The van der Waals surface area contributed by atoms with Gasteiger partial charge in [0, 0.05) is 0 Å². The summed E-state index contributed by atoms with van der Waals surface area (Å²) in [5, 5.41) is -7.39. The van der Waals surface area contributed by atoms with Gasteiger partial charge < -0.3 is 1.43 Å².